The van der Waals surface area contributed by atoms with Gasteiger partial charge in [-0.3, -0.25) is 9.78 Å². The molecule has 0 spiro atoms. The van der Waals surface area contributed by atoms with Crippen LogP contribution in [-0.4, -0.2) is 28.2 Å². The molecule has 6 heteroatoms. The molecule has 86 valence electrons. The molecule has 2 aromatic heterocycles. The molecule has 0 aliphatic heterocycles. The molecule has 2 aromatic rings. The number of carbonyl (C=O) groups is 1. The Labute approximate surface area is 97.7 Å². The van der Waals surface area contributed by atoms with E-state index in [2.05, 4.69) is 20.5 Å². The van der Waals surface area contributed by atoms with Crippen molar-refractivity contribution in [2.75, 3.05) is 12.4 Å². The number of hydrogen-bond donors (Lipinski definition) is 1. The van der Waals surface area contributed by atoms with Crippen LogP contribution in [0.25, 0.3) is 0 Å². The molecule has 0 aliphatic rings. The van der Waals surface area contributed by atoms with Crippen LogP contribution in [0.15, 0.2) is 36.7 Å². The van der Waals surface area contributed by atoms with Crippen LogP contribution >= 0.6 is 0 Å². The number of nitrogens with one attached hydrogen (secondary N) is 1. The van der Waals surface area contributed by atoms with Crippen molar-refractivity contribution in [1.29, 1.82) is 0 Å². The Kier molecular flexibility index (Phi) is 3.25. The topological polar surface area (TPSA) is 77.0 Å². The molecule has 2 rings (SSSR count). The smallest absolute Gasteiger partial charge is 0.276 e. The molecule has 0 bridgehead atoms. The van der Waals surface area contributed by atoms with Gasteiger partial charge in [-0.15, -0.1) is 10.2 Å². The Morgan fingerprint density at radius 2 is 1.94 bits per heavy atom. The number of aromatic nitrogens is 3. The standard InChI is InChI=1S/C11H10N4O2/c1-17-10-3-2-9(14-15-10)11(16)13-8-4-6-12-7-5-8/h2-7H,1H3,(H,12,13,16). The van der Waals surface area contributed by atoms with Gasteiger partial charge in [0.25, 0.3) is 5.91 Å². The zero-order chi connectivity index (χ0) is 12.1. The molecule has 0 saturated heterocycles. The largest absolute Gasteiger partial charge is 0.480 e. The molecule has 0 aromatic carbocycles. The Hall–Kier alpha value is -2.50. The molecular formula is C11H10N4O2. The van der Waals surface area contributed by atoms with Crippen LogP contribution < -0.4 is 10.1 Å². The minimum atomic E-state index is -0.327. The molecule has 0 atom stereocenters. The van der Waals surface area contributed by atoms with E-state index in [-0.39, 0.29) is 11.6 Å². The van der Waals surface area contributed by atoms with E-state index < -0.39 is 0 Å². The number of methoxy groups -OCH3 is 1. The first-order valence-corrected chi connectivity index (χ1v) is 4.88. The van der Waals surface area contributed by atoms with Gasteiger partial charge in [0.1, 0.15) is 0 Å². The van der Waals surface area contributed by atoms with Crippen LogP contribution in [0.1, 0.15) is 10.5 Å². The first kappa shape index (κ1) is 11.0. The van der Waals surface area contributed by atoms with Crippen LogP contribution in [0.2, 0.25) is 0 Å². The number of rotatable bonds is 3. The summed E-state index contributed by atoms with van der Waals surface area (Å²) in [7, 11) is 1.49. The van der Waals surface area contributed by atoms with Crippen molar-refractivity contribution in [3.05, 3.63) is 42.4 Å². The maximum Gasteiger partial charge on any atom is 0.276 e. The average Bonchev–Trinajstić information content (AvgIpc) is 2.40. The summed E-state index contributed by atoms with van der Waals surface area (Å²) in [4.78, 5) is 15.6. The van der Waals surface area contributed by atoms with Gasteiger partial charge in [-0.05, 0) is 18.2 Å². The second kappa shape index (κ2) is 5.02. The van der Waals surface area contributed by atoms with Gasteiger partial charge < -0.3 is 10.1 Å². The highest BCUT2D eigenvalue weighted by molar-refractivity contribution is 6.02. The zero-order valence-corrected chi connectivity index (χ0v) is 9.12. The Morgan fingerprint density at radius 3 is 2.53 bits per heavy atom. The SMILES string of the molecule is COc1ccc(C(=O)Nc2ccncc2)nn1. The molecule has 0 saturated carbocycles. The molecule has 1 amide bonds. The number of anilines is 1. The fourth-order valence-corrected chi connectivity index (χ4v) is 1.18. The van der Waals surface area contributed by atoms with Gasteiger partial charge in [0.15, 0.2) is 5.69 Å². The first-order valence-electron chi connectivity index (χ1n) is 4.88. The highest BCUT2D eigenvalue weighted by Crippen LogP contribution is 2.07. The summed E-state index contributed by atoms with van der Waals surface area (Å²) in [6, 6.07) is 6.50. The normalized spacial score (nSPS) is 9.71. The highest BCUT2D eigenvalue weighted by atomic mass is 16.5. The molecule has 17 heavy (non-hydrogen) atoms. The second-order valence-electron chi connectivity index (χ2n) is 3.15. The van der Waals surface area contributed by atoms with Gasteiger partial charge in [-0.1, -0.05) is 0 Å². The van der Waals surface area contributed by atoms with Crippen LogP contribution in [-0.2, 0) is 0 Å². The lowest BCUT2D eigenvalue weighted by Gasteiger charge is -2.03. The molecule has 0 aliphatic carbocycles. The number of ether oxygens (including phenoxy) is 1. The van der Waals surface area contributed by atoms with Gasteiger partial charge in [-0.25, -0.2) is 0 Å². The number of nitrogens with zero attached hydrogens (tertiary/aromatic N) is 3. The first-order chi connectivity index (χ1) is 8.29. The fraction of sp³-hybridized carbons (Fsp3) is 0.0909. The lowest BCUT2D eigenvalue weighted by molar-refractivity contribution is 0.102. The summed E-state index contributed by atoms with van der Waals surface area (Å²) in [6.45, 7) is 0. The predicted octanol–water partition coefficient (Wildman–Crippen LogP) is 1.13. The molecule has 6 nitrogen and oxygen atoms in total. The van der Waals surface area contributed by atoms with Crippen molar-refractivity contribution in [2.45, 2.75) is 0 Å². The summed E-state index contributed by atoms with van der Waals surface area (Å²) < 4.78 is 4.85. The lowest BCUT2D eigenvalue weighted by atomic mass is 10.3. The minimum absolute atomic E-state index is 0.225. The number of amides is 1. The fourth-order valence-electron chi connectivity index (χ4n) is 1.18. The molecule has 0 unspecified atom stereocenters. The van der Waals surface area contributed by atoms with Gasteiger partial charge in [0.2, 0.25) is 5.88 Å². The van der Waals surface area contributed by atoms with Crippen molar-refractivity contribution in [1.82, 2.24) is 15.2 Å². The van der Waals surface area contributed by atoms with Crippen LogP contribution in [0.4, 0.5) is 5.69 Å². The molecule has 1 N–H and O–H groups in total. The zero-order valence-electron chi connectivity index (χ0n) is 9.12. The van der Waals surface area contributed by atoms with Crippen molar-refractivity contribution in [2.24, 2.45) is 0 Å². The highest BCUT2D eigenvalue weighted by Gasteiger charge is 2.08. The van der Waals surface area contributed by atoms with Gasteiger partial charge in [-0.2, -0.15) is 0 Å². The van der Waals surface area contributed by atoms with E-state index in [9.17, 15) is 4.79 Å². The van der Waals surface area contributed by atoms with Crippen LogP contribution in [0, 0.1) is 0 Å². The predicted molar refractivity (Wildman–Crippen MR) is 60.8 cm³/mol. The lowest BCUT2D eigenvalue weighted by Crippen LogP contribution is -2.14. The Balaban J connectivity index is 2.09. The summed E-state index contributed by atoms with van der Waals surface area (Å²) in [5.74, 6) is 0.0387. The third-order valence-electron chi connectivity index (χ3n) is 2.02. The van der Waals surface area contributed by atoms with Crippen molar-refractivity contribution in [3.63, 3.8) is 0 Å². The van der Waals surface area contributed by atoms with Crippen LogP contribution in [0.5, 0.6) is 5.88 Å². The number of pyridine rings is 1. The van der Waals surface area contributed by atoms with Crippen molar-refractivity contribution >= 4 is 11.6 Å². The Morgan fingerprint density at radius 1 is 1.18 bits per heavy atom. The van der Waals surface area contributed by atoms with E-state index in [0.717, 1.165) is 0 Å². The molecular weight excluding hydrogens is 220 g/mol. The minimum Gasteiger partial charge on any atom is -0.480 e. The van der Waals surface area contributed by atoms with Gasteiger partial charge >= 0.3 is 0 Å². The van der Waals surface area contributed by atoms with E-state index in [0.29, 0.717) is 11.6 Å². The summed E-state index contributed by atoms with van der Waals surface area (Å²) in [6.07, 6.45) is 3.19. The Bertz CT molecular complexity index is 499. The monoisotopic (exact) mass is 230 g/mol. The summed E-state index contributed by atoms with van der Waals surface area (Å²) in [5.41, 5.74) is 0.880. The average molecular weight is 230 g/mol. The number of carbonyl (C=O) groups excluding carboxylic acids is 1. The van der Waals surface area contributed by atoms with E-state index in [1.807, 2.05) is 0 Å². The van der Waals surface area contributed by atoms with E-state index >= 15 is 0 Å². The summed E-state index contributed by atoms with van der Waals surface area (Å²) in [5, 5.41) is 10.1. The molecule has 2 heterocycles. The molecule has 0 radical (unpaired) electrons. The number of hydrogen-bond acceptors (Lipinski definition) is 5. The van der Waals surface area contributed by atoms with Crippen LogP contribution in [0.3, 0.4) is 0 Å². The van der Waals surface area contributed by atoms with Gasteiger partial charge in [0.05, 0.1) is 7.11 Å². The van der Waals surface area contributed by atoms with Crippen molar-refractivity contribution in [3.8, 4) is 5.88 Å². The molecule has 0 fully saturated rings. The third-order valence-corrected chi connectivity index (χ3v) is 2.02. The maximum atomic E-state index is 11.7. The van der Waals surface area contributed by atoms with Crippen molar-refractivity contribution < 1.29 is 9.53 Å². The van der Waals surface area contributed by atoms with Gasteiger partial charge in [0, 0.05) is 24.1 Å². The quantitative estimate of drug-likeness (QED) is 0.855. The van der Waals surface area contributed by atoms with E-state index in [4.69, 9.17) is 4.74 Å². The summed E-state index contributed by atoms with van der Waals surface area (Å²) >= 11 is 0. The second-order valence-corrected chi connectivity index (χ2v) is 3.15. The van der Waals surface area contributed by atoms with E-state index in [1.165, 1.54) is 7.11 Å². The third kappa shape index (κ3) is 2.75. The van der Waals surface area contributed by atoms with E-state index in [1.54, 1.807) is 36.7 Å². The maximum absolute atomic E-state index is 11.7.